The normalized spacial score (nSPS) is 20.3. The number of carboxylic acids is 1. The Labute approximate surface area is 705 Å². The number of halogens is 4. The zero-order valence-electron chi connectivity index (χ0n) is 66.2. The number of esters is 1. The lowest BCUT2D eigenvalue weighted by Gasteiger charge is -2.38. The average Bonchev–Trinajstić information content (AvgIpc) is 1.66. The summed E-state index contributed by atoms with van der Waals surface area (Å²) in [6.45, 7) is 14.2. The summed E-state index contributed by atoms with van der Waals surface area (Å²) in [6.07, 6.45) is 21.0. The van der Waals surface area contributed by atoms with Gasteiger partial charge in [-0.2, -0.15) is 0 Å². The van der Waals surface area contributed by atoms with Gasteiger partial charge in [-0.3, -0.25) is 48.2 Å². The number of fused-ring (bicyclic) bond motifs is 4. The maximum atomic E-state index is 13.4. The van der Waals surface area contributed by atoms with E-state index in [1.54, 1.807) is 29.7 Å². The molecule has 8 aromatic rings. The van der Waals surface area contributed by atoms with Gasteiger partial charge in [0.15, 0.2) is 0 Å². The van der Waals surface area contributed by atoms with E-state index in [1.165, 1.54) is 64.2 Å². The van der Waals surface area contributed by atoms with Crippen LogP contribution >= 0.6 is 46.4 Å². The van der Waals surface area contributed by atoms with Gasteiger partial charge in [-0.15, -0.1) is 0 Å². The minimum absolute atomic E-state index is 0. The summed E-state index contributed by atoms with van der Waals surface area (Å²) in [4.78, 5) is 108. The lowest BCUT2D eigenvalue weighted by atomic mass is 9.83. The zero-order chi connectivity index (χ0) is 81.5. The first-order valence-corrected chi connectivity index (χ1v) is 42.4. The lowest BCUT2D eigenvalue weighted by Crippen LogP contribution is -2.53. The van der Waals surface area contributed by atoms with E-state index in [9.17, 15) is 38.4 Å². The standard InChI is InChI=1S/2C28H38ClN5O2.C17H17ClN2O3.C15H13ClN2O3.CH4/c2*1-32-10-12-33(13-11-32)19-25(20-6-3-2-4-7-20)31-27(35)16-24-17-30-28(36)26-15-22(18-34(24)26)21-8-5-9-23(29)14-21;1-2-23-16(21)8-14-9-19-17(22)15-7-12(10-20(14)15)11-4-3-5-13(18)6-11;16-11-3-1-2-9(4-11)10-5-13-15(21)17-7-12(6-14(19)20)18(13)8-10;/h2*5,8-9,14-15,18,20,24-25H,2-4,6-7,10-13,16-17,19H2,1H3,(H,30,36)(H,31,35);3-7,10,14H,2,8-9H2,1H3,(H,19,22);1-5,8,12H,6-7H2,(H,17,21)(H,19,20);1H4/t24-,25+;24-,25-;;;/m10.../s1. The predicted molar refractivity (Wildman–Crippen MR) is 459 cm³/mol. The minimum atomic E-state index is -0.889. The molecule has 0 spiro atoms. The van der Waals surface area contributed by atoms with Crippen LogP contribution in [0.5, 0.6) is 0 Å². The van der Waals surface area contributed by atoms with Gasteiger partial charge >= 0.3 is 11.9 Å². The number of nitrogens with zero attached hydrogens (tertiary/aromatic N) is 8. The number of ether oxygens (including phenoxy) is 1. The van der Waals surface area contributed by atoms with Crippen LogP contribution in [0, 0.1) is 11.8 Å². The van der Waals surface area contributed by atoms with Gasteiger partial charge in [0.05, 0.1) is 43.6 Å². The monoisotopic (exact) mass is 1670 g/mol. The van der Waals surface area contributed by atoms with Crippen molar-refractivity contribution in [2.45, 2.75) is 140 Å². The maximum Gasteiger partial charge on any atom is 0.307 e. The smallest absolute Gasteiger partial charge is 0.307 e. The highest BCUT2D eigenvalue weighted by Crippen LogP contribution is 2.37. The third-order valence-corrected chi connectivity index (χ3v) is 24.7. The molecule has 4 fully saturated rings. The Morgan fingerprint density at radius 1 is 0.419 bits per heavy atom. The summed E-state index contributed by atoms with van der Waals surface area (Å²) in [5.74, 6) is -0.448. The van der Waals surface area contributed by atoms with E-state index in [0.29, 0.717) is 100 Å². The number of hydrogen-bond acceptors (Lipinski definition) is 13. The van der Waals surface area contributed by atoms with Crippen LogP contribution in [0.15, 0.2) is 146 Å². The fourth-order valence-electron chi connectivity index (χ4n) is 17.3. The van der Waals surface area contributed by atoms with Gasteiger partial charge < -0.3 is 69.8 Å². The van der Waals surface area contributed by atoms with Gasteiger partial charge in [-0.1, -0.05) is 141 Å². The van der Waals surface area contributed by atoms with E-state index < -0.39 is 5.97 Å². The molecule has 2 saturated carbocycles. The Morgan fingerprint density at radius 3 is 0.991 bits per heavy atom. The maximum absolute atomic E-state index is 13.4. The fourth-order valence-corrected chi connectivity index (χ4v) is 18.1. The van der Waals surface area contributed by atoms with Gasteiger partial charge in [0.2, 0.25) is 11.8 Å². The number of piperazine rings is 2. The molecule has 24 nitrogen and oxygen atoms in total. The number of aliphatic carboxylic acids is 1. The Balaban J connectivity index is 0.000000147. The van der Waals surface area contributed by atoms with Crippen molar-refractivity contribution in [2.24, 2.45) is 11.8 Å². The highest BCUT2D eigenvalue weighted by Gasteiger charge is 2.36. The molecule has 117 heavy (non-hydrogen) atoms. The molecular formula is C89H110Cl4N14O10. The van der Waals surface area contributed by atoms with Crippen molar-refractivity contribution >= 4 is 93.8 Å². The first kappa shape index (κ1) is 87.1. The molecule has 6 aliphatic heterocycles. The molecule has 0 radical (unpaired) electrons. The number of carbonyl (C=O) groups is 8. The third-order valence-electron chi connectivity index (χ3n) is 23.7. The van der Waals surface area contributed by atoms with E-state index in [4.69, 9.17) is 56.2 Å². The van der Waals surface area contributed by atoms with Crippen molar-refractivity contribution in [2.75, 3.05) is 112 Å². The van der Waals surface area contributed by atoms with Crippen molar-refractivity contribution in [3.8, 4) is 44.5 Å². The van der Waals surface area contributed by atoms with Crippen LogP contribution in [0.2, 0.25) is 20.1 Å². The van der Waals surface area contributed by atoms with Crippen molar-refractivity contribution < 1.29 is 48.2 Å². The van der Waals surface area contributed by atoms with Crippen molar-refractivity contribution in [3.63, 3.8) is 0 Å². The van der Waals surface area contributed by atoms with E-state index in [1.807, 2.05) is 142 Å². The van der Waals surface area contributed by atoms with E-state index in [0.717, 1.165) is 110 Å². The number of aromatic nitrogens is 4. The molecular weight excluding hydrogens is 1570 g/mol. The van der Waals surface area contributed by atoms with E-state index in [2.05, 4.69) is 65.6 Å². The molecule has 2 aliphatic carbocycles. The molecule has 6 amide bonds. The van der Waals surface area contributed by atoms with Crippen LogP contribution in [-0.4, -0.2) is 215 Å². The van der Waals surface area contributed by atoms with Crippen LogP contribution in [0.1, 0.15) is 170 Å². The number of carboxylic acid groups (broad SMARTS) is 1. The third kappa shape index (κ3) is 23.0. The number of benzene rings is 4. The molecule has 10 heterocycles. The second kappa shape index (κ2) is 41.0. The summed E-state index contributed by atoms with van der Waals surface area (Å²) < 4.78 is 12.6. The van der Waals surface area contributed by atoms with E-state index >= 15 is 0 Å². The average molecular weight is 1680 g/mol. The number of amides is 6. The van der Waals surface area contributed by atoms with Gasteiger partial charge in [-0.25, -0.2) is 0 Å². The van der Waals surface area contributed by atoms with Crippen LogP contribution < -0.4 is 31.9 Å². The first-order chi connectivity index (χ1) is 56.0. The summed E-state index contributed by atoms with van der Waals surface area (Å²) in [5.41, 5.74) is 9.57. The van der Waals surface area contributed by atoms with Gasteiger partial charge in [0, 0.05) is 184 Å². The van der Waals surface area contributed by atoms with E-state index in [-0.39, 0.29) is 97.9 Å². The number of likely N-dealkylation sites (N-methyl/N-ethyl adjacent to an activating group) is 2. The minimum Gasteiger partial charge on any atom is -0.481 e. The summed E-state index contributed by atoms with van der Waals surface area (Å²) in [6, 6.07) is 37.1. The Hall–Kier alpha value is -9.24. The zero-order valence-corrected chi connectivity index (χ0v) is 69.2. The molecule has 2 unspecified atom stereocenters. The highest BCUT2D eigenvalue weighted by atomic mass is 35.5. The lowest BCUT2D eigenvalue weighted by molar-refractivity contribution is -0.144. The van der Waals surface area contributed by atoms with Gasteiger partial charge in [0.25, 0.3) is 23.6 Å². The van der Waals surface area contributed by atoms with Crippen LogP contribution in [0.3, 0.4) is 0 Å². The molecule has 16 rings (SSSR count). The number of rotatable bonds is 21. The van der Waals surface area contributed by atoms with Crippen LogP contribution in [0.25, 0.3) is 44.5 Å². The second-order valence-electron chi connectivity index (χ2n) is 31.9. The molecule has 4 aromatic carbocycles. The molecule has 6 atom stereocenters. The Bertz CT molecular complexity index is 4630. The Kier molecular flexibility index (Phi) is 30.5. The number of hydrogen-bond donors (Lipinski definition) is 7. The van der Waals surface area contributed by atoms with Crippen molar-refractivity contribution in [1.29, 1.82) is 0 Å². The molecule has 4 aromatic heterocycles. The topological polar surface area (TPSA) is 271 Å². The number of carbonyl (C=O) groups excluding carboxylic acids is 7. The summed E-state index contributed by atoms with van der Waals surface area (Å²) in [5, 5.41) is 29.9. The van der Waals surface area contributed by atoms with Crippen LogP contribution in [0.4, 0.5) is 0 Å². The molecule has 28 heteroatoms. The summed E-state index contributed by atoms with van der Waals surface area (Å²) >= 11 is 24.4. The molecule has 7 N–H and O–H groups in total. The largest absolute Gasteiger partial charge is 0.481 e. The second-order valence-corrected chi connectivity index (χ2v) is 33.7. The van der Waals surface area contributed by atoms with Crippen LogP contribution in [-0.2, 0) is 23.9 Å². The van der Waals surface area contributed by atoms with Gasteiger partial charge in [-0.05, 0) is 154 Å². The first-order valence-electron chi connectivity index (χ1n) is 40.9. The molecule has 624 valence electrons. The quantitative estimate of drug-likeness (QED) is 0.0330. The summed E-state index contributed by atoms with van der Waals surface area (Å²) in [7, 11) is 4.35. The van der Waals surface area contributed by atoms with Crippen molar-refractivity contribution in [1.82, 2.24) is 69.8 Å². The molecule has 8 aliphatic rings. The molecule has 2 saturated heterocycles. The SMILES string of the molecule is C.CCOC(=O)CC1CNC(=O)c2cc(-c3cccc(Cl)c3)cn21.CN1CCN(C[C@H](NC(=O)C[C@@H]2CNC(=O)c3cc(-c4cccc(Cl)c4)cn32)C2CCCCC2)CC1.CN1CCN(C[C@H](NC(=O)C[C@H]2CNC(=O)c3cc(-c4cccc(Cl)c4)cn32)C2CCCCC2)CC1.O=C(O)CC1CNC(=O)c2cc(-c3cccc(Cl)c3)cn21. The predicted octanol–water partition coefficient (Wildman–Crippen LogP) is 13.8. The fraction of sp³-hybridized carbons (Fsp3) is 0.461. The molecule has 0 bridgehead atoms. The highest BCUT2D eigenvalue weighted by molar-refractivity contribution is 6.32. The number of nitrogens with one attached hydrogen (secondary N) is 6. The van der Waals surface area contributed by atoms with Crippen molar-refractivity contribution in [3.05, 3.63) is 189 Å². The Morgan fingerprint density at radius 2 is 0.709 bits per heavy atom. The van der Waals surface area contributed by atoms with Gasteiger partial charge in [0.1, 0.15) is 22.8 Å².